The molecule has 0 spiro atoms. The zero-order valence-corrected chi connectivity index (χ0v) is 10.5. The van der Waals surface area contributed by atoms with Gasteiger partial charge < -0.3 is 14.9 Å². The molecule has 1 aromatic carbocycles. The molecule has 0 fully saturated rings. The summed E-state index contributed by atoms with van der Waals surface area (Å²) in [5.41, 5.74) is -0.440. The van der Waals surface area contributed by atoms with Crippen LogP contribution in [0.2, 0.25) is 0 Å². The van der Waals surface area contributed by atoms with Gasteiger partial charge in [0.2, 0.25) is 0 Å². The second-order valence-electron chi connectivity index (χ2n) is 4.27. The Labute approximate surface area is 116 Å². The minimum absolute atomic E-state index is 0.0793. The van der Waals surface area contributed by atoms with E-state index in [2.05, 4.69) is 9.72 Å². The van der Waals surface area contributed by atoms with Crippen LogP contribution < -0.4 is 10.3 Å². The summed E-state index contributed by atoms with van der Waals surface area (Å²) in [6.07, 6.45) is -4.88. The van der Waals surface area contributed by atoms with Gasteiger partial charge in [0.05, 0.1) is 36.5 Å². The molecule has 2 aromatic rings. The van der Waals surface area contributed by atoms with Crippen molar-refractivity contribution in [2.45, 2.75) is 19.0 Å². The summed E-state index contributed by atoms with van der Waals surface area (Å²) >= 11 is 0. The predicted molar refractivity (Wildman–Crippen MR) is 65.8 cm³/mol. The molecular weight excluding hydrogens is 293 g/mol. The van der Waals surface area contributed by atoms with E-state index < -0.39 is 30.4 Å². The summed E-state index contributed by atoms with van der Waals surface area (Å²) in [5.74, 6) is -0.533. The number of alkyl halides is 3. The second kappa shape index (κ2) is 5.70. The molecule has 0 unspecified atom stereocenters. The average Bonchev–Trinajstić information content (AvgIpc) is 2.40. The minimum Gasteiger partial charge on any atom is -0.406 e. The number of aliphatic hydroxyl groups is 2. The van der Waals surface area contributed by atoms with Crippen molar-refractivity contribution in [2.75, 3.05) is 6.61 Å². The molecule has 2 rings (SSSR count). The third-order valence-electron chi connectivity index (χ3n) is 2.65. The van der Waals surface area contributed by atoms with Crippen molar-refractivity contribution in [3.8, 4) is 5.75 Å². The summed E-state index contributed by atoms with van der Waals surface area (Å²) < 4.78 is 41.2. The Balaban J connectivity index is 2.44. The molecule has 0 radical (unpaired) electrons. The van der Waals surface area contributed by atoms with Gasteiger partial charge >= 0.3 is 6.36 Å². The number of hydrogen-bond acceptors (Lipinski definition) is 5. The van der Waals surface area contributed by atoms with Crippen LogP contribution in [0.4, 0.5) is 13.2 Å². The van der Waals surface area contributed by atoms with Gasteiger partial charge in [-0.1, -0.05) is 0 Å². The standard InChI is InChI=1S/C12H11F3N2O4/c13-12(14,15)21-8-1-2-10-9(3-8)11(20)17(6-16-10)4-7(19)5-18/h1-3,6-7,18-19H,4-5H2/t7-/m0/s1. The van der Waals surface area contributed by atoms with E-state index in [1.165, 1.54) is 6.07 Å². The molecule has 0 saturated heterocycles. The van der Waals surface area contributed by atoms with E-state index in [4.69, 9.17) is 5.11 Å². The average molecular weight is 304 g/mol. The highest BCUT2D eigenvalue weighted by molar-refractivity contribution is 5.78. The van der Waals surface area contributed by atoms with Gasteiger partial charge in [-0.2, -0.15) is 0 Å². The van der Waals surface area contributed by atoms with Crippen molar-refractivity contribution in [1.82, 2.24) is 9.55 Å². The van der Waals surface area contributed by atoms with Gasteiger partial charge in [0.25, 0.3) is 5.56 Å². The molecule has 21 heavy (non-hydrogen) atoms. The maximum atomic E-state index is 12.2. The second-order valence-corrected chi connectivity index (χ2v) is 4.27. The maximum absolute atomic E-state index is 12.2. The van der Waals surface area contributed by atoms with Crippen molar-refractivity contribution < 1.29 is 28.1 Å². The Morgan fingerprint density at radius 2 is 2.10 bits per heavy atom. The topological polar surface area (TPSA) is 84.6 Å². The van der Waals surface area contributed by atoms with Crippen molar-refractivity contribution in [3.05, 3.63) is 34.9 Å². The van der Waals surface area contributed by atoms with Crippen molar-refractivity contribution in [1.29, 1.82) is 0 Å². The number of benzene rings is 1. The van der Waals surface area contributed by atoms with Crippen molar-refractivity contribution in [2.24, 2.45) is 0 Å². The van der Waals surface area contributed by atoms with Crippen molar-refractivity contribution in [3.63, 3.8) is 0 Å². The maximum Gasteiger partial charge on any atom is 0.573 e. The van der Waals surface area contributed by atoms with Crippen LogP contribution in [-0.2, 0) is 6.54 Å². The zero-order valence-electron chi connectivity index (χ0n) is 10.5. The van der Waals surface area contributed by atoms with Gasteiger partial charge in [-0.25, -0.2) is 4.98 Å². The minimum atomic E-state index is -4.86. The van der Waals surface area contributed by atoms with E-state index in [0.29, 0.717) is 0 Å². The fourth-order valence-electron chi connectivity index (χ4n) is 1.75. The first-order chi connectivity index (χ1) is 9.80. The summed E-state index contributed by atoms with van der Waals surface area (Å²) in [7, 11) is 0. The summed E-state index contributed by atoms with van der Waals surface area (Å²) in [4.78, 5) is 16.0. The predicted octanol–water partition coefficient (Wildman–Crippen LogP) is 0.648. The lowest BCUT2D eigenvalue weighted by molar-refractivity contribution is -0.274. The van der Waals surface area contributed by atoms with Crippen LogP contribution in [0.15, 0.2) is 29.3 Å². The number of nitrogens with zero attached hydrogens (tertiary/aromatic N) is 2. The molecule has 0 amide bonds. The molecule has 0 aliphatic rings. The van der Waals surface area contributed by atoms with E-state index in [1.807, 2.05) is 0 Å². The molecular formula is C12H11F3N2O4. The number of aromatic nitrogens is 2. The fourth-order valence-corrected chi connectivity index (χ4v) is 1.75. The quantitative estimate of drug-likeness (QED) is 0.866. The number of aliphatic hydroxyl groups excluding tert-OH is 2. The highest BCUT2D eigenvalue weighted by atomic mass is 19.4. The molecule has 0 bridgehead atoms. The molecule has 1 aromatic heterocycles. The van der Waals surface area contributed by atoms with E-state index in [0.717, 1.165) is 23.0 Å². The number of rotatable bonds is 4. The van der Waals surface area contributed by atoms with E-state index >= 15 is 0 Å². The molecule has 6 nitrogen and oxygen atoms in total. The SMILES string of the molecule is O=c1c2cc(OC(F)(F)F)ccc2ncn1C[C@H](O)CO. The van der Waals surface area contributed by atoms with Gasteiger partial charge in [-0.15, -0.1) is 13.2 Å². The lowest BCUT2D eigenvalue weighted by atomic mass is 10.2. The number of fused-ring (bicyclic) bond motifs is 1. The molecule has 1 atom stereocenters. The third-order valence-corrected chi connectivity index (χ3v) is 2.65. The molecule has 114 valence electrons. The Morgan fingerprint density at radius 1 is 1.38 bits per heavy atom. The van der Waals surface area contributed by atoms with Crippen LogP contribution in [0, 0.1) is 0 Å². The Kier molecular flexibility index (Phi) is 4.14. The molecule has 0 aliphatic carbocycles. The van der Waals surface area contributed by atoms with Crippen LogP contribution in [0.3, 0.4) is 0 Å². The number of halogens is 3. The summed E-state index contributed by atoms with van der Waals surface area (Å²) in [6.45, 7) is -0.773. The monoisotopic (exact) mass is 304 g/mol. The van der Waals surface area contributed by atoms with Gasteiger partial charge in [0.1, 0.15) is 5.75 Å². The summed E-state index contributed by atoms with van der Waals surface area (Å²) in [6, 6.07) is 3.21. The van der Waals surface area contributed by atoms with Crippen LogP contribution in [0.1, 0.15) is 0 Å². The van der Waals surface area contributed by atoms with E-state index in [-0.39, 0.29) is 17.4 Å². The van der Waals surface area contributed by atoms with Gasteiger partial charge in [0.15, 0.2) is 0 Å². The lowest BCUT2D eigenvalue weighted by Crippen LogP contribution is -2.28. The van der Waals surface area contributed by atoms with E-state index in [9.17, 15) is 23.1 Å². The first-order valence-corrected chi connectivity index (χ1v) is 5.84. The molecule has 9 heteroatoms. The largest absolute Gasteiger partial charge is 0.573 e. The highest BCUT2D eigenvalue weighted by Gasteiger charge is 2.31. The van der Waals surface area contributed by atoms with Crippen LogP contribution in [-0.4, -0.2) is 38.8 Å². The molecule has 2 N–H and O–H groups in total. The zero-order chi connectivity index (χ0) is 15.6. The Morgan fingerprint density at radius 3 is 2.71 bits per heavy atom. The first kappa shape index (κ1) is 15.3. The highest BCUT2D eigenvalue weighted by Crippen LogP contribution is 2.24. The normalized spacial score (nSPS) is 13.4. The van der Waals surface area contributed by atoms with Crippen LogP contribution >= 0.6 is 0 Å². The number of hydrogen-bond donors (Lipinski definition) is 2. The Bertz CT molecular complexity index is 699. The fraction of sp³-hybridized carbons (Fsp3) is 0.333. The van der Waals surface area contributed by atoms with Gasteiger partial charge in [-0.05, 0) is 18.2 Å². The van der Waals surface area contributed by atoms with Crippen molar-refractivity contribution >= 4 is 10.9 Å². The van der Waals surface area contributed by atoms with Crippen LogP contribution in [0.5, 0.6) is 5.75 Å². The molecule has 0 saturated carbocycles. The molecule has 1 heterocycles. The van der Waals surface area contributed by atoms with E-state index in [1.54, 1.807) is 0 Å². The molecule has 0 aliphatic heterocycles. The first-order valence-electron chi connectivity index (χ1n) is 5.84. The number of ether oxygens (including phenoxy) is 1. The summed E-state index contributed by atoms with van der Waals surface area (Å²) in [5, 5.41) is 18.0. The third kappa shape index (κ3) is 3.70. The Hall–Kier alpha value is -2.13. The smallest absolute Gasteiger partial charge is 0.406 e. The van der Waals surface area contributed by atoms with Gasteiger partial charge in [0, 0.05) is 0 Å². The van der Waals surface area contributed by atoms with Crippen LogP contribution in [0.25, 0.3) is 10.9 Å². The van der Waals surface area contributed by atoms with Gasteiger partial charge in [-0.3, -0.25) is 9.36 Å². The lowest BCUT2D eigenvalue weighted by Gasteiger charge is -2.11.